The average Bonchev–Trinajstić information content (AvgIpc) is 3.64. The summed E-state index contributed by atoms with van der Waals surface area (Å²) in [4.78, 5) is 34.8. The highest BCUT2D eigenvalue weighted by atomic mass is 32.1. The van der Waals surface area contributed by atoms with Gasteiger partial charge in [-0.05, 0) is 74.9 Å². The third-order valence-corrected chi connectivity index (χ3v) is 10.9. The predicted octanol–water partition coefficient (Wildman–Crippen LogP) is 7.02. The molecule has 1 aliphatic heterocycles. The van der Waals surface area contributed by atoms with Crippen molar-refractivity contribution >= 4 is 40.4 Å². The lowest BCUT2D eigenvalue weighted by molar-refractivity contribution is -0.138. The Kier molecular flexibility index (Phi) is 8.75. The zero-order valence-electron chi connectivity index (χ0n) is 27.5. The van der Waals surface area contributed by atoms with E-state index in [1.54, 1.807) is 22.8 Å². The van der Waals surface area contributed by atoms with Crippen LogP contribution in [0.3, 0.4) is 0 Å². The summed E-state index contributed by atoms with van der Waals surface area (Å²) >= 11 is 2.90. The van der Waals surface area contributed by atoms with Gasteiger partial charge in [-0.2, -0.15) is 5.26 Å². The summed E-state index contributed by atoms with van der Waals surface area (Å²) in [6.45, 7) is 14.3. The van der Waals surface area contributed by atoms with Gasteiger partial charge in [-0.15, -0.1) is 11.3 Å². The number of thiophene rings is 1. The number of nitriles is 1. The van der Waals surface area contributed by atoms with Gasteiger partial charge in [0.25, 0.3) is 5.56 Å². The normalized spacial score (nSPS) is 14.7. The molecule has 0 unspecified atom stereocenters. The number of aryl methyl sites for hydroxylation is 2. The molecule has 0 fully saturated rings. The average molecular weight is 661 g/mol. The number of esters is 1. The van der Waals surface area contributed by atoms with Crippen LogP contribution in [0.5, 0.6) is 0 Å². The molecule has 0 bridgehead atoms. The van der Waals surface area contributed by atoms with Crippen molar-refractivity contribution in [2.24, 2.45) is 4.99 Å². The first kappa shape index (κ1) is 32.2. The van der Waals surface area contributed by atoms with Crippen LogP contribution < -0.4 is 14.9 Å². The lowest BCUT2D eigenvalue weighted by Gasteiger charge is -2.26. The first-order chi connectivity index (χ1) is 22.5. The van der Waals surface area contributed by atoms with Crippen LogP contribution in [0.25, 0.3) is 16.8 Å². The summed E-state index contributed by atoms with van der Waals surface area (Å²) in [6, 6.07) is 21.4. The number of hydrogen-bond donors (Lipinski definition) is 0. The van der Waals surface area contributed by atoms with Crippen molar-refractivity contribution in [2.75, 3.05) is 6.61 Å². The van der Waals surface area contributed by atoms with Gasteiger partial charge >= 0.3 is 5.97 Å². The van der Waals surface area contributed by atoms with Crippen molar-refractivity contribution in [1.82, 2.24) is 9.13 Å². The molecule has 1 atom stereocenters. The lowest BCUT2D eigenvalue weighted by atomic mass is 9.91. The highest BCUT2D eigenvalue weighted by Gasteiger charge is 2.35. The summed E-state index contributed by atoms with van der Waals surface area (Å²) in [5.74, 6) is -0.170. The topological polar surface area (TPSA) is 89.4 Å². The van der Waals surface area contributed by atoms with Gasteiger partial charge in [0, 0.05) is 21.8 Å². The number of benzene rings is 2. The molecule has 0 aliphatic carbocycles. The first-order valence-corrected chi connectivity index (χ1v) is 17.3. The Morgan fingerprint density at radius 3 is 2.40 bits per heavy atom. The Morgan fingerprint density at radius 2 is 1.77 bits per heavy atom. The molecule has 0 saturated carbocycles. The highest BCUT2D eigenvalue weighted by molar-refractivity contribution is 7.15. The molecule has 2 aromatic carbocycles. The number of carbonyl (C=O) groups is 1. The van der Waals surface area contributed by atoms with Gasteiger partial charge in [-0.1, -0.05) is 79.8 Å². The van der Waals surface area contributed by atoms with E-state index < -0.39 is 12.0 Å². The van der Waals surface area contributed by atoms with E-state index in [1.165, 1.54) is 11.3 Å². The molecule has 47 heavy (non-hydrogen) atoms. The van der Waals surface area contributed by atoms with Gasteiger partial charge in [0.2, 0.25) is 0 Å². The molecule has 0 spiro atoms. The van der Waals surface area contributed by atoms with E-state index in [0.717, 1.165) is 49.1 Å². The van der Waals surface area contributed by atoms with Crippen molar-refractivity contribution in [2.45, 2.75) is 60.4 Å². The number of nitrogens with zero attached hydrogens (tertiary/aromatic N) is 4. The number of fused-ring (bicyclic) bond motifs is 1. The minimum Gasteiger partial charge on any atom is -0.463 e. The van der Waals surface area contributed by atoms with Crippen LogP contribution >= 0.6 is 22.7 Å². The van der Waals surface area contributed by atoms with Crippen LogP contribution in [0.2, 0.25) is 0 Å². The molecule has 7 nitrogen and oxygen atoms in total. The molecule has 5 aromatic rings. The van der Waals surface area contributed by atoms with E-state index in [4.69, 9.17) is 9.73 Å². The molecule has 3 aromatic heterocycles. The molecule has 6 rings (SSSR count). The van der Waals surface area contributed by atoms with Crippen LogP contribution in [0, 0.1) is 39.0 Å². The van der Waals surface area contributed by atoms with Gasteiger partial charge in [0.15, 0.2) is 4.80 Å². The minimum atomic E-state index is -0.730. The molecule has 4 heterocycles. The fourth-order valence-electron chi connectivity index (χ4n) is 6.10. The van der Waals surface area contributed by atoms with Crippen LogP contribution in [0.4, 0.5) is 0 Å². The third-order valence-electron chi connectivity index (χ3n) is 8.73. The summed E-state index contributed by atoms with van der Waals surface area (Å²) < 4.78 is 9.84. The standard InChI is InChI=1S/C38H36N4O3S2/c1-8-45-37(44)32-33(27-12-10-9-11-13-27)40-38-42(34(32)28-16-14-26(15-17-28)21(2)3)35(43)31(47-38)19-29-18-22(4)41(24(29)6)36-30(20-39)23(5)25(7)46-36/h9-19,21,34H,8H2,1-7H3/b31-19+/t34-/m1/s1. The number of thiazole rings is 1. The second-order valence-electron chi connectivity index (χ2n) is 12.0. The van der Waals surface area contributed by atoms with Gasteiger partial charge in [-0.25, -0.2) is 9.79 Å². The van der Waals surface area contributed by atoms with E-state index >= 15 is 0 Å². The molecule has 0 saturated heterocycles. The summed E-state index contributed by atoms with van der Waals surface area (Å²) in [6.07, 6.45) is 1.90. The van der Waals surface area contributed by atoms with E-state index in [9.17, 15) is 14.9 Å². The second-order valence-corrected chi connectivity index (χ2v) is 14.2. The molecule has 0 amide bonds. The number of ether oxygens (including phenoxy) is 1. The fraction of sp³-hybridized carbons (Fsp3) is 0.263. The number of carbonyl (C=O) groups excluding carboxylic acids is 1. The van der Waals surface area contributed by atoms with E-state index in [1.807, 2.05) is 82.3 Å². The Balaban J connectivity index is 1.60. The maximum absolute atomic E-state index is 14.4. The molecule has 0 radical (unpaired) electrons. The lowest BCUT2D eigenvalue weighted by Crippen LogP contribution is -2.40. The Morgan fingerprint density at radius 1 is 1.06 bits per heavy atom. The van der Waals surface area contributed by atoms with Crippen molar-refractivity contribution in [3.63, 3.8) is 0 Å². The van der Waals surface area contributed by atoms with Crippen LogP contribution in [-0.2, 0) is 9.53 Å². The van der Waals surface area contributed by atoms with Crippen molar-refractivity contribution in [3.8, 4) is 11.1 Å². The van der Waals surface area contributed by atoms with Crippen LogP contribution in [0.1, 0.15) is 82.4 Å². The maximum atomic E-state index is 14.4. The molecule has 9 heteroatoms. The molecule has 1 aliphatic rings. The largest absolute Gasteiger partial charge is 0.463 e. The predicted molar refractivity (Wildman–Crippen MR) is 189 cm³/mol. The second kappa shape index (κ2) is 12.8. The zero-order valence-corrected chi connectivity index (χ0v) is 29.2. The van der Waals surface area contributed by atoms with E-state index in [0.29, 0.717) is 32.1 Å². The Bertz CT molecular complexity index is 2280. The monoisotopic (exact) mass is 660 g/mol. The number of hydrogen-bond acceptors (Lipinski definition) is 7. The summed E-state index contributed by atoms with van der Waals surface area (Å²) in [7, 11) is 0. The smallest absolute Gasteiger partial charge is 0.338 e. The SMILES string of the molecule is CCOC(=O)C1=C(c2ccccc2)N=c2s/c(=C/c3cc(C)n(-c4sc(C)c(C)c4C#N)c3C)c(=O)n2[C@@H]1c1ccc(C(C)C)cc1. The van der Waals surface area contributed by atoms with E-state index in [2.05, 4.69) is 36.6 Å². The van der Waals surface area contributed by atoms with Gasteiger partial charge in [-0.3, -0.25) is 9.36 Å². The van der Waals surface area contributed by atoms with Crippen molar-refractivity contribution in [3.05, 3.63) is 136 Å². The van der Waals surface area contributed by atoms with Gasteiger partial charge in [0.05, 0.1) is 34.0 Å². The minimum absolute atomic E-state index is 0.195. The highest BCUT2D eigenvalue weighted by Crippen LogP contribution is 2.36. The summed E-state index contributed by atoms with van der Waals surface area (Å²) in [5, 5.41) is 10.8. The molecular formula is C38H36N4O3S2. The molecule has 238 valence electrons. The Labute approximate surface area is 282 Å². The van der Waals surface area contributed by atoms with Crippen LogP contribution in [0.15, 0.2) is 76.0 Å². The molecular weight excluding hydrogens is 625 g/mol. The first-order valence-electron chi connectivity index (χ1n) is 15.6. The van der Waals surface area contributed by atoms with Gasteiger partial charge < -0.3 is 9.30 Å². The zero-order chi connectivity index (χ0) is 33.6. The third kappa shape index (κ3) is 5.62. The van der Waals surface area contributed by atoms with Crippen molar-refractivity contribution in [1.29, 1.82) is 5.26 Å². The number of rotatable bonds is 7. The van der Waals surface area contributed by atoms with Crippen LogP contribution in [-0.4, -0.2) is 21.7 Å². The number of aromatic nitrogens is 2. The van der Waals surface area contributed by atoms with Crippen molar-refractivity contribution < 1.29 is 9.53 Å². The maximum Gasteiger partial charge on any atom is 0.338 e. The fourth-order valence-corrected chi connectivity index (χ4v) is 8.31. The molecule has 0 N–H and O–H groups in total. The van der Waals surface area contributed by atoms with E-state index in [-0.39, 0.29) is 12.2 Å². The quantitative estimate of drug-likeness (QED) is 0.176. The Hall–Kier alpha value is -4.78. The van der Waals surface area contributed by atoms with Gasteiger partial charge in [0.1, 0.15) is 11.1 Å². The summed E-state index contributed by atoms with van der Waals surface area (Å²) in [5.41, 5.74) is 7.79.